The first kappa shape index (κ1) is 20.9. The SMILES string of the molecule is CCCCCC(CN(O)C=O)C(=O)NNCc1ccc(N(C)C)cc1. The smallest absolute Gasteiger partial charge is 0.239 e. The van der Waals surface area contributed by atoms with Crippen LogP contribution in [-0.2, 0) is 16.1 Å². The molecule has 0 spiro atoms. The average Bonchev–Trinajstić information content (AvgIpc) is 2.61. The second-order valence-corrected chi connectivity index (χ2v) is 6.32. The van der Waals surface area contributed by atoms with Crippen LogP contribution in [0.4, 0.5) is 5.69 Å². The maximum atomic E-state index is 12.3. The van der Waals surface area contributed by atoms with Crippen LogP contribution in [0.25, 0.3) is 0 Å². The van der Waals surface area contributed by atoms with Crippen molar-refractivity contribution >= 4 is 18.0 Å². The molecule has 0 aliphatic rings. The number of nitrogens with one attached hydrogen (secondary N) is 2. The Morgan fingerprint density at radius 3 is 2.48 bits per heavy atom. The van der Waals surface area contributed by atoms with Crippen LogP contribution in [0.2, 0.25) is 0 Å². The Hall–Kier alpha value is -2.12. The molecule has 0 aromatic heterocycles. The molecule has 1 aromatic rings. The third-order valence-electron chi connectivity index (χ3n) is 4.01. The van der Waals surface area contributed by atoms with E-state index >= 15 is 0 Å². The van der Waals surface area contributed by atoms with E-state index < -0.39 is 5.92 Å². The molecular formula is C18H30N4O3. The van der Waals surface area contributed by atoms with E-state index in [2.05, 4.69) is 17.8 Å². The summed E-state index contributed by atoms with van der Waals surface area (Å²) in [5, 5.41) is 9.89. The molecule has 1 unspecified atom stereocenters. The maximum Gasteiger partial charge on any atom is 0.239 e. The number of unbranched alkanes of at least 4 members (excludes halogenated alkanes) is 2. The number of amides is 2. The van der Waals surface area contributed by atoms with Crippen LogP contribution in [0.3, 0.4) is 0 Å². The minimum absolute atomic E-state index is 0.00173. The summed E-state index contributed by atoms with van der Waals surface area (Å²) in [6.07, 6.45) is 3.89. The average molecular weight is 350 g/mol. The van der Waals surface area contributed by atoms with Crippen molar-refractivity contribution in [1.82, 2.24) is 15.9 Å². The summed E-state index contributed by atoms with van der Waals surface area (Å²) in [7, 11) is 3.96. The van der Waals surface area contributed by atoms with Gasteiger partial charge in [-0.1, -0.05) is 38.3 Å². The van der Waals surface area contributed by atoms with Crippen molar-refractivity contribution in [2.24, 2.45) is 5.92 Å². The van der Waals surface area contributed by atoms with Gasteiger partial charge in [-0.05, 0) is 24.1 Å². The highest BCUT2D eigenvalue weighted by molar-refractivity contribution is 5.78. The topological polar surface area (TPSA) is 84.9 Å². The van der Waals surface area contributed by atoms with Crippen molar-refractivity contribution in [2.75, 3.05) is 25.5 Å². The Labute approximate surface area is 149 Å². The van der Waals surface area contributed by atoms with E-state index in [1.165, 1.54) is 0 Å². The Balaban J connectivity index is 2.47. The zero-order valence-corrected chi connectivity index (χ0v) is 15.4. The van der Waals surface area contributed by atoms with Crippen molar-refractivity contribution in [3.63, 3.8) is 0 Å². The lowest BCUT2D eigenvalue weighted by Gasteiger charge is -2.20. The molecule has 0 fully saturated rings. The largest absolute Gasteiger partial charge is 0.378 e. The monoisotopic (exact) mass is 350 g/mol. The number of hydrogen-bond acceptors (Lipinski definition) is 5. The molecule has 7 heteroatoms. The first-order valence-electron chi connectivity index (χ1n) is 8.67. The van der Waals surface area contributed by atoms with Gasteiger partial charge in [-0.3, -0.25) is 20.2 Å². The van der Waals surface area contributed by atoms with Crippen LogP contribution in [0.5, 0.6) is 0 Å². The minimum atomic E-state index is -0.439. The van der Waals surface area contributed by atoms with Crippen molar-refractivity contribution in [2.45, 2.75) is 39.2 Å². The standard InChI is InChI=1S/C18H30N4O3/c1-4-5-6-7-16(13-22(25)14-23)18(24)20-19-12-15-8-10-17(11-9-15)21(2)3/h8-11,14,16,19,25H,4-7,12-13H2,1-3H3,(H,20,24). The second kappa shape index (κ2) is 11.4. The first-order chi connectivity index (χ1) is 12.0. The summed E-state index contributed by atoms with van der Waals surface area (Å²) < 4.78 is 0. The summed E-state index contributed by atoms with van der Waals surface area (Å²) in [6.45, 7) is 2.58. The number of hydrogen-bond donors (Lipinski definition) is 3. The van der Waals surface area contributed by atoms with Gasteiger partial charge in [0, 0.05) is 26.3 Å². The molecule has 2 amide bonds. The van der Waals surface area contributed by atoms with Crippen LogP contribution in [-0.4, -0.2) is 43.2 Å². The van der Waals surface area contributed by atoms with Crippen LogP contribution >= 0.6 is 0 Å². The fraction of sp³-hybridized carbons (Fsp3) is 0.556. The number of carbonyl (C=O) groups is 2. The number of hydrazine groups is 1. The summed E-state index contributed by atoms with van der Waals surface area (Å²) in [6, 6.07) is 8.02. The Bertz CT molecular complexity index is 520. The van der Waals surface area contributed by atoms with Gasteiger partial charge < -0.3 is 4.90 Å². The first-order valence-corrected chi connectivity index (χ1v) is 8.67. The highest BCUT2D eigenvalue weighted by Gasteiger charge is 2.20. The maximum absolute atomic E-state index is 12.3. The molecule has 7 nitrogen and oxygen atoms in total. The van der Waals surface area contributed by atoms with Gasteiger partial charge in [0.15, 0.2) is 0 Å². The quantitative estimate of drug-likeness (QED) is 0.232. The fourth-order valence-corrected chi connectivity index (χ4v) is 2.46. The molecule has 0 radical (unpaired) electrons. The van der Waals surface area contributed by atoms with E-state index in [0.29, 0.717) is 24.4 Å². The minimum Gasteiger partial charge on any atom is -0.378 e. The van der Waals surface area contributed by atoms with Crippen molar-refractivity contribution in [3.8, 4) is 0 Å². The Morgan fingerprint density at radius 1 is 1.24 bits per heavy atom. The molecule has 1 rings (SSSR count). The summed E-state index contributed by atoms with van der Waals surface area (Å²) in [5.74, 6) is -0.660. The lowest BCUT2D eigenvalue weighted by atomic mass is 10.0. The van der Waals surface area contributed by atoms with Crippen molar-refractivity contribution < 1.29 is 14.8 Å². The number of benzene rings is 1. The van der Waals surface area contributed by atoms with E-state index in [9.17, 15) is 14.8 Å². The molecule has 25 heavy (non-hydrogen) atoms. The Morgan fingerprint density at radius 2 is 1.92 bits per heavy atom. The van der Waals surface area contributed by atoms with Gasteiger partial charge in [-0.25, -0.2) is 10.5 Å². The summed E-state index contributed by atoms with van der Waals surface area (Å²) in [4.78, 5) is 24.9. The lowest BCUT2D eigenvalue weighted by molar-refractivity contribution is -0.154. The second-order valence-electron chi connectivity index (χ2n) is 6.32. The number of anilines is 1. The van der Waals surface area contributed by atoms with Gasteiger partial charge in [-0.2, -0.15) is 0 Å². The van der Waals surface area contributed by atoms with E-state index in [-0.39, 0.29) is 12.5 Å². The normalized spacial score (nSPS) is 11.7. The van der Waals surface area contributed by atoms with E-state index in [4.69, 9.17) is 0 Å². The third-order valence-corrected chi connectivity index (χ3v) is 4.01. The number of hydroxylamine groups is 2. The third kappa shape index (κ3) is 8.00. The summed E-state index contributed by atoms with van der Waals surface area (Å²) in [5.41, 5.74) is 7.74. The number of nitrogens with zero attached hydrogens (tertiary/aromatic N) is 2. The van der Waals surface area contributed by atoms with Crippen molar-refractivity contribution in [3.05, 3.63) is 29.8 Å². The van der Waals surface area contributed by atoms with E-state index in [0.717, 1.165) is 30.5 Å². The van der Waals surface area contributed by atoms with E-state index in [1.54, 1.807) is 0 Å². The molecule has 1 aromatic carbocycles. The van der Waals surface area contributed by atoms with Gasteiger partial charge in [0.25, 0.3) is 0 Å². The highest BCUT2D eigenvalue weighted by Crippen LogP contribution is 2.13. The van der Waals surface area contributed by atoms with Crippen LogP contribution in [0.1, 0.15) is 38.2 Å². The molecule has 0 aliphatic carbocycles. The van der Waals surface area contributed by atoms with Crippen molar-refractivity contribution in [1.29, 1.82) is 0 Å². The summed E-state index contributed by atoms with van der Waals surface area (Å²) >= 11 is 0. The molecule has 0 saturated heterocycles. The predicted octanol–water partition coefficient (Wildman–Crippen LogP) is 1.92. The molecule has 1 atom stereocenters. The lowest BCUT2D eigenvalue weighted by Crippen LogP contribution is -2.44. The van der Waals surface area contributed by atoms with Crippen LogP contribution < -0.4 is 15.8 Å². The van der Waals surface area contributed by atoms with Gasteiger partial charge in [-0.15, -0.1) is 0 Å². The number of carbonyl (C=O) groups excluding carboxylic acids is 2. The fourth-order valence-electron chi connectivity index (χ4n) is 2.46. The Kier molecular flexibility index (Phi) is 9.57. The zero-order valence-electron chi connectivity index (χ0n) is 15.4. The van der Waals surface area contributed by atoms with Gasteiger partial charge in [0.2, 0.25) is 12.3 Å². The van der Waals surface area contributed by atoms with Crippen LogP contribution in [0.15, 0.2) is 24.3 Å². The molecular weight excluding hydrogens is 320 g/mol. The molecule has 3 N–H and O–H groups in total. The van der Waals surface area contributed by atoms with Gasteiger partial charge in [0.05, 0.1) is 12.5 Å². The predicted molar refractivity (Wildman–Crippen MR) is 97.9 cm³/mol. The zero-order chi connectivity index (χ0) is 18.7. The van der Waals surface area contributed by atoms with Gasteiger partial charge in [0.1, 0.15) is 0 Å². The molecule has 0 aliphatic heterocycles. The molecule has 0 bridgehead atoms. The van der Waals surface area contributed by atoms with Gasteiger partial charge >= 0.3 is 0 Å². The molecule has 0 heterocycles. The highest BCUT2D eigenvalue weighted by atomic mass is 16.5. The van der Waals surface area contributed by atoms with E-state index in [1.807, 2.05) is 43.3 Å². The molecule has 140 valence electrons. The number of rotatable bonds is 12. The molecule has 0 saturated carbocycles. The van der Waals surface area contributed by atoms with Crippen LogP contribution in [0, 0.1) is 5.92 Å².